The van der Waals surface area contributed by atoms with E-state index in [4.69, 9.17) is 24.5 Å². The first-order chi connectivity index (χ1) is 16.7. The molecule has 8 heteroatoms. The van der Waals surface area contributed by atoms with Gasteiger partial charge in [0.25, 0.3) is 5.95 Å². The molecule has 176 valence electrons. The van der Waals surface area contributed by atoms with Gasteiger partial charge in [-0.3, -0.25) is 4.90 Å². The van der Waals surface area contributed by atoms with Crippen LogP contribution in [0.4, 0.5) is 0 Å². The van der Waals surface area contributed by atoms with Crippen LogP contribution in [0.3, 0.4) is 0 Å². The summed E-state index contributed by atoms with van der Waals surface area (Å²) in [7, 11) is 0. The topological polar surface area (TPSA) is 65.3 Å². The fourth-order valence-corrected chi connectivity index (χ4v) is 6.00. The van der Waals surface area contributed by atoms with Gasteiger partial charge in [-0.25, -0.2) is 14.6 Å². The molecule has 34 heavy (non-hydrogen) atoms. The first kappa shape index (κ1) is 21.9. The molecule has 0 N–H and O–H groups in total. The molecule has 2 aliphatic heterocycles. The second kappa shape index (κ2) is 9.54. The van der Waals surface area contributed by atoms with E-state index in [0.717, 1.165) is 81.4 Å². The second-order valence-corrected chi connectivity index (χ2v) is 10.3. The van der Waals surface area contributed by atoms with E-state index in [1.54, 1.807) is 0 Å². The van der Waals surface area contributed by atoms with Crippen molar-refractivity contribution >= 4 is 21.6 Å². The standard InChI is InChI=1S/C26H29N5O2S/c1-18-3-2-4-20(15-18)22-5-8-31(29-22)26-27-23-16-21(17-30-9-13-33-14-10-30)34-25(23)24(28-26)19-6-11-32-12-7-19/h2-5,8,15-16,19H,6-7,9-14,17H2,1H3. The number of benzene rings is 1. The number of morpholine rings is 1. The van der Waals surface area contributed by atoms with E-state index in [9.17, 15) is 0 Å². The molecule has 2 fully saturated rings. The maximum Gasteiger partial charge on any atom is 0.251 e. The number of aromatic nitrogens is 4. The Kier molecular flexibility index (Phi) is 6.13. The number of hydrogen-bond donors (Lipinski definition) is 0. The van der Waals surface area contributed by atoms with Gasteiger partial charge in [-0.15, -0.1) is 11.3 Å². The van der Waals surface area contributed by atoms with Crippen molar-refractivity contribution in [3.05, 3.63) is 58.7 Å². The van der Waals surface area contributed by atoms with Gasteiger partial charge in [0.05, 0.1) is 34.8 Å². The number of rotatable bonds is 5. The Labute approximate surface area is 203 Å². The molecule has 4 aromatic rings. The van der Waals surface area contributed by atoms with Crippen LogP contribution in [0.25, 0.3) is 27.4 Å². The van der Waals surface area contributed by atoms with Crippen LogP contribution >= 0.6 is 11.3 Å². The third kappa shape index (κ3) is 4.51. The average Bonchev–Trinajstić information content (AvgIpc) is 3.52. The molecule has 5 heterocycles. The largest absolute Gasteiger partial charge is 0.381 e. The van der Waals surface area contributed by atoms with Crippen LogP contribution in [0.1, 0.15) is 34.9 Å². The van der Waals surface area contributed by atoms with Crippen molar-refractivity contribution in [3.63, 3.8) is 0 Å². The third-order valence-electron chi connectivity index (χ3n) is 6.64. The minimum Gasteiger partial charge on any atom is -0.381 e. The van der Waals surface area contributed by atoms with Gasteiger partial charge in [-0.05, 0) is 38.0 Å². The maximum atomic E-state index is 5.64. The summed E-state index contributed by atoms with van der Waals surface area (Å²) in [5.41, 5.74) is 5.42. The van der Waals surface area contributed by atoms with Crippen LogP contribution in [0.5, 0.6) is 0 Å². The molecule has 2 saturated heterocycles. The lowest BCUT2D eigenvalue weighted by atomic mass is 9.96. The van der Waals surface area contributed by atoms with Crippen molar-refractivity contribution in [2.24, 2.45) is 0 Å². The molecule has 0 spiro atoms. The van der Waals surface area contributed by atoms with E-state index in [2.05, 4.69) is 42.2 Å². The summed E-state index contributed by atoms with van der Waals surface area (Å²) in [6.07, 6.45) is 3.96. The van der Waals surface area contributed by atoms with Crippen LogP contribution < -0.4 is 0 Å². The summed E-state index contributed by atoms with van der Waals surface area (Å²) < 4.78 is 14.2. The van der Waals surface area contributed by atoms with Crippen molar-refractivity contribution in [2.75, 3.05) is 39.5 Å². The molecule has 0 aliphatic carbocycles. The van der Waals surface area contributed by atoms with Gasteiger partial charge < -0.3 is 9.47 Å². The molecule has 0 atom stereocenters. The van der Waals surface area contributed by atoms with Crippen LogP contribution in [0.2, 0.25) is 0 Å². The fraction of sp³-hybridized carbons (Fsp3) is 0.423. The van der Waals surface area contributed by atoms with Crippen molar-refractivity contribution in [2.45, 2.75) is 32.2 Å². The SMILES string of the molecule is Cc1cccc(-c2ccn(-c3nc(C4CCOCC4)c4sc(CN5CCOCC5)cc4n3)n2)c1. The Hall–Kier alpha value is -2.65. The van der Waals surface area contributed by atoms with E-state index in [1.807, 2.05) is 28.3 Å². The summed E-state index contributed by atoms with van der Waals surface area (Å²) in [5, 5.41) is 4.83. The van der Waals surface area contributed by atoms with Crippen LogP contribution in [0, 0.1) is 6.92 Å². The summed E-state index contributed by atoms with van der Waals surface area (Å²) in [4.78, 5) is 13.8. The molecule has 2 aliphatic rings. The monoisotopic (exact) mass is 475 g/mol. The van der Waals surface area contributed by atoms with Crippen LogP contribution in [-0.2, 0) is 16.0 Å². The summed E-state index contributed by atoms with van der Waals surface area (Å²) in [5.74, 6) is 1.03. The van der Waals surface area contributed by atoms with Gasteiger partial charge in [-0.1, -0.05) is 23.8 Å². The summed E-state index contributed by atoms with van der Waals surface area (Å²) >= 11 is 1.84. The molecule has 1 aromatic carbocycles. The zero-order valence-corrected chi connectivity index (χ0v) is 20.3. The number of fused-ring (bicyclic) bond motifs is 1. The van der Waals surface area contributed by atoms with Gasteiger partial charge >= 0.3 is 0 Å². The van der Waals surface area contributed by atoms with Gasteiger partial charge in [0.1, 0.15) is 0 Å². The smallest absolute Gasteiger partial charge is 0.251 e. The van der Waals surface area contributed by atoms with Crippen LogP contribution in [0.15, 0.2) is 42.6 Å². The predicted molar refractivity (Wildman–Crippen MR) is 134 cm³/mol. The van der Waals surface area contributed by atoms with Crippen molar-refractivity contribution in [3.8, 4) is 17.2 Å². The summed E-state index contributed by atoms with van der Waals surface area (Å²) in [6.45, 7) is 8.19. The Bertz CT molecular complexity index is 1290. The highest BCUT2D eigenvalue weighted by Crippen LogP contribution is 2.36. The van der Waals surface area contributed by atoms with Crippen molar-refractivity contribution in [1.82, 2.24) is 24.6 Å². The van der Waals surface area contributed by atoms with Gasteiger partial charge in [0.2, 0.25) is 0 Å². The van der Waals surface area contributed by atoms with Gasteiger partial charge in [0.15, 0.2) is 0 Å². The van der Waals surface area contributed by atoms with Gasteiger partial charge in [-0.2, -0.15) is 5.10 Å². The summed E-state index contributed by atoms with van der Waals surface area (Å²) in [6, 6.07) is 12.7. The quantitative estimate of drug-likeness (QED) is 0.421. The molecule has 0 saturated carbocycles. The molecular weight excluding hydrogens is 446 g/mol. The van der Waals surface area contributed by atoms with E-state index >= 15 is 0 Å². The Balaban J connectivity index is 1.38. The molecule has 0 amide bonds. The normalized spacial score (nSPS) is 18.0. The number of ether oxygens (including phenoxy) is 2. The van der Waals surface area contributed by atoms with Crippen LogP contribution in [-0.4, -0.2) is 64.2 Å². The molecule has 0 radical (unpaired) electrons. The molecular formula is C26H29N5O2S. The molecule has 7 nitrogen and oxygen atoms in total. The predicted octanol–water partition coefficient (Wildman–Crippen LogP) is 4.58. The lowest BCUT2D eigenvalue weighted by Crippen LogP contribution is -2.35. The highest BCUT2D eigenvalue weighted by Gasteiger charge is 2.24. The van der Waals surface area contributed by atoms with E-state index in [0.29, 0.717) is 11.9 Å². The highest BCUT2D eigenvalue weighted by molar-refractivity contribution is 7.19. The minimum absolute atomic E-state index is 0.389. The minimum atomic E-state index is 0.389. The van der Waals surface area contributed by atoms with Gasteiger partial charge in [0, 0.05) is 55.4 Å². The molecule has 6 rings (SSSR count). The molecule has 3 aromatic heterocycles. The Morgan fingerprint density at radius 2 is 1.82 bits per heavy atom. The number of hydrogen-bond acceptors (Lipinski definition) is 7. The number of aryl methyl sites for hydroxylation is 1. The Morgan fingerprint density at radius 1 is 1.00 bits per heavy atom. The first-order valence-corrected chi connectivity index (χ1v) is 12.9. The van der Waals surface area contributed by atoms with Crippen molar-refractivity contribution < 1.29 is 9.47 Å². The zero-order valence-electron chi connectivity index (χ0n) is 19.4. The van der Waals surface area contributed by atoms with E-state index in [1.165, 1.54) is 15.1 Å². The second-order valence-electron chi connectivity index (χ2n) is 9.13. The maximum absolute atomic E-state index is 5.64. The number of nitrogens with zero attached hydrogens (tertiary/aromatic N) is 5. The van der Waals surface area contributed by atoms with Crippen molar-refractivity contribution in [1.29, 1.82) is 0 Å². The first-order valence-electron chi connectivity index (χ1n) is 12.0. The lowest BCUT2D eigenvalue weighted by Gasteiger charge is -2.25. The molecule has 0 unspecified atom stereocenters. The highest BCUT2D eigenvalue weighted by atomic mass is 32.1. The third-order valence-corrected chi connectivity index (χ3v) is 7.77. The number of thiophene rings is 1. The van der Waals surface area contributed by atoms with E-state index in [-0.39, 0.29) is 0 Å². The fourth-order valence-electron chi connectivity index (χ4n) is 4.79. The average molecular weight is 476 g/mol. The lowest BCUT2D eigenvalue weighted by molar-refractivity contribution is 0.0346. The van der Waals surface area contributed by atoms with E-state index < -0.39 is 0 Å². The molecule has 0 bridgehead atoms. The Morgan fingerprint density at radius 3 is 2.65 bits per heavy atom. The zero-order chi connectivity index (χ0) is 22.9.